The van der Waals surface area contributed by atoms with E-state index in [4.69, 9.17) is 4.42 Å². The predicted molar refractivity (Wildman–Crippen MR) is 91.0 cm³/mol. The molecule has 0 unspecified atom stereocenters. The van der Waals surface area contributed by atoms with Gasteiger partial charge < -0.3 is 9.73 Å². The van der Waals surface area contributed by atoms with Crippen LogP contribution in [0.3, 0.4) is 0 Å². The van der Waals surface area contributed by atoms with Crippen LogP contribution in [0.1, 0.15) is 32.1 Å². The molecule has 2 aromatic rings. The number of carbonyl (C=O) groups is 1. The number of piperidine rings is 1. The van der Waals surface area contributed by atoms with E-state index in [1.165, 1.54) is 0 Å². The average Bonchev–Trinajstić information content (AvgIpc) is 3.09. The number of nitrogens with zero attached hydrogens (tertiary/aromatic N) is 3. The van der Waals surface area contributed by atoms with E-state index in [1.807, 2.05) is 30.3 Å². The molecule has 24 heavy (non-hydrogen) atoms. The number of aromatic nitrogens is 2. The summed E-state index contributed by atoms with van der Waals surface area (Å²) < 4.78 is 5.76. The maximum absolute atomic E-state index is 12.0. The molecule has 1 N–H and O–H groups in total. The highest BCUT2D eigenvalue weighted by molar-refractivity contribution is 5.78. The summed E-state index contributed by atoms with van der Waals surface area (Å²) in [5, 5.41) is 11.3. The summed E-state index contributed by atoms with van der Waals surface area (Å²) in [5.41, 5.74) is 0.933. The van der Waals surface area contributed by atoms with Crippen molar-refractivity contribution in [3.05, 3.63) is 36.2 Å². The first kappa shape index (κ1) is 16.6. The number of amides is 1. The van der Waals surface area contributed by atoms with Gasteiger partial charge in [-0.05, 0) is 44.5 Å². The summed E-state index contributed by atoms with van der Waals surface area (Å²) in [5.74, 6) is 1.51. The van der Waals surface area contributed by atoms with E-state index in [0.717, 1.165) is 44.5 Å². The van der Waals surface area contributed by atoms with E-state index in [0.29, 0.717) is 18.3 Å². The van der Waals surface area contributed by atoms with Gasteiger partial charge in [-0.3, -0.25) is 9.69 Å². The topological polar surface area (TPSA) is 71.3 Å². The van der Waals surface area contributed by atoms with Gasteiger partial charge in [0.15, 0.2) is 0 Å². The van der Waals surface area contributed by atoms with E-state index in [9.17, 15) is 4.79 Å². The van der Waals surface area contributed by atoms with Gasteiger partial charge in [-0.1, -0.05) is 25.1 Å². The summed E-state index contributed by atoms with van der Waals surface area (Å²) >= 11 is 0. The lowest BCUT2D eigenvalue weighted by Gasteiger charge is -2.30. The minimum atomic E-state index is 0.135. The molecule has 1 saturated heterocycles. The quantitative estimate of drug-likeness (QED) is 0.882. The fraction of sp³-hybridized carbons (Fsp3) is 0.500. The SMILES string of the molecule is CCCNC(=O)C1CCN(Cc2nnc(-c3ccccc3)o2)CC1. The minimum Gasteiger partial charge on any atom is -0.419 e. The van der Waals surface area contributed by atoms with Gasteiger partial charge in [0.2, 0.25) is 17.7 Å². The molecule has 2 heterocycles. The molecule has 0 radical (unpaired) electrons. The van der Waals surface area contributed by atoms with Gasteiger partial charge >= 0.3 is 0 Å². The molecule has 1 fully saturated rings. The van der Waals surface area contributed by atoms with E-state index in [-0.39, 0.29) is 11.8 Å². The molecule has 6 nitrogen and oxygen atoms in total. The van der Waals surface area contributed by atoms with Crippen molar-refractivity contribution in [2.75, 3.05) is 19.6 Å². The van der Waals surface area contributed by atoms with Crippen molar-refractivity contribution >= 4 is 5.91 Å². The monoisotopic (exact) mass is 328 g/mol. The molecule has 0 saturated carbocycles. The predicted octanol–water partition coefficient (Wildman–Crippen LogP) is 2.47. The molecule has 1 amide bonds. The number of hydrogen-bond donors (Lipinski definition) is 1. The van der Waals surface area contributed by atoms with E-state index >= 15 is 0 Å². The van der Waals surface area contributed by atoms with Crippen LogP contribution < -0.4 is 5.32 Å². The van der Waals surface area contributed by atoms with Crippen molar-refractivity contribution in [2.45, 2.75) is 32.7 Å². The van der Waals surface area contributed by atoms with E-state index in [2.05, 4.69) is 27.3 Å². The van der Waals surface area contributed by atoms with Crippen molar-refractivity contribution in [1.82, 2.24) is 20.4 Å². The molecular formula is C18H24N4O2. The van der Waals surface area contributed by atoms with Crippen LogP contribution in [0.4, 0.5) is 0 Å². The Morgan fingerprint density at radius 1 is 1.25 bits per heavy atom. The van der Waals surface area contributed by atoms with Crippen LogP contribution in [-0.4, -0.2) is 40.6 Å². The van der Waals surface area contributed by atoms with E-state index < -0.39 is 0 Å². The van der Waals surface area contributed by atoms with Gasteiger partial charge in [-0.25, -0.2) is 0 Å². The Labute approximate surface area is 142 Å². The lowest BCUT2D eigenvalue weighted by Crippen LogP contribution is -2.40. The fourth-order valence-electron chi connectivity index (χ4n) is 2.95. The first-order chi connectivity index (χ1) is 11.8. The summed E-state index contributed by atoms with van der Waals surface area (Å²) in [4.78, 5) is 14.3. The van der Waals surface area contributed by atoms with Crippen LogP contribution in [0.2, 0.25) is 0 Å². The Morgan fingerprint density at radius 3 is 2.71 bits per heavy atom. The number of hydrogen-bond acceptors (Lipinski definition) is 5. The van der Waals surface area contributed by atoms with Gasteiger partial charge in [-0.15, -0.1) is 10.2 Å². The van der Waals surface area contributed by atoms with Gasteiger partial charge in [0.05, 0.1) is 6.54 Å². The lowest BCUT2D eigenvalue weighted by molar-refractivity contribution is -0.126. The standard InChI is InChI=1S/C18H24N4O2/c1-2-10-19-17(23)14-8-11-22(12-9-14)13-16-20-21-18(24-16)15-6-4-3-5-7-15/h3-7,14H,2,8-13H2,1H3,(H,19,23). The van der Waals surface area contributed by atoms with Crippen LogP contribution in [0.5, 0.6) is 0 Å². The van der Waals surface area contributed by atoms with Crippen LogP contribution in [0.15, 0.2) is 34.7 Å². The van der Waals surface area contributed by atoms with Gasteiger partial charge in [0.25, 0.3) is 0 Å². The third kappa shape index (κ3) is 4.20. The maximum atomic E-state index is 12.0. The minimum absolute atomic E-state index is 0.135. The third-order valence-corrected chi connectivity index (χ3v) is 4.35. The smallest absolute Gasteiger partial charge is 0.247 e. The Hall–Kier alpha value is -2.21. The second kappa shape index (κ2) is 8.06. The fourth-order valence-corrected chi connectivity index (χ4v) is 2.95. The molecule has 3 rings (SSSR count). The van der Waals surface area contributed by atoms with Crippen molar-refractivity contribution in [2.24, 2.45) is 5.92 Å². The van der Waals surface area contributed by atoms with Gasteiger partial charge in [-0.2, -0.15) is 0 Å². The summed E-state index contributed by atoms with van der Waals surface area (Å²) in [6.07, 6.45) is 2.75. The zero-order chi connectivity index (χ0) is 16.8. The highest BCUT2D eigenvalue weighted by Crippen LogP contribution is 2.21. The first-order valence-electron chi connectivity index (χ1n) is 8.64. The molecule has 1 aliphatic rings. The summed E-state index contributed by atoms with van der Waals surface area (Å²) in [6.45, 7) is 5.24. The van der Waals surface area contributed by atoms with Crippen LogP contribution in [0, 0.1) is 5.92 Å². The molecular weight excluding hydrogens is 304 g/mol. The zero-order valence-corrected chi connectivity index (χ0v) is 14.1. The Kier molecular flexibility index (Phi) is 5.59. The number of nitrogens with one attached hydrogen (secondary N) is 1. The third-order valence-electron chi connectivity index (χ3n) is 4.35. The highest BCUT2D eigenvalue weighted by Gasteiger charge is 2.25. The van der Waals surface area contributed by atoms with Crippen molar-refractivity contribution in [3.63, 3.8) is 0 Å². The number of carbonyl (C=O) groups excluding carboxylic acids is 1. The van der Waals surface area contributed by atoms with Crippen molar-refractivity contribution in [1.29, 1.82) is 0 Å². The van der Waals surface area contributed by atoms with Crippen LogP contribution in [0.25, 0.3) is 11.5 Å². The molecule has 0 atom stereocenters. The Bertz CT molecular complexity index is 648. The largest absolute Gasteiger partial charge is 0.419 e. The normalized spacial score (nSPS) is 16.2. The van der Waals surface area contributed by atoms with Gasteiger partial charge in [0, 0.05) is 18.0 Å². The number of likely N-dealkylation sites (tertiary alicyclic amines) is 1. The average molecular weight is 328 g/mol. The van der Waals surface area contributed by atoms with Crippen molar-refractivity contribution < 1.29 is 9.21 Å². The molecule has 0 bridgehead atoms. The lowest BCUT2D eigenvalue weighted by atomic mass is 9.96. The Balaban J connectivity index is 1.50. The molecule has 1 aromatic carbocycles. The van der Waals surface area contributed by atoms with Crippen molar-refractivity contribution in [3.8, 4) is 11.5 Å². The summed E-state index contributed by atoms with van der Waals surface area (Å²) in [7, 11) is 0. The summed E-state index contributed by atoms with van der Waals surface area (Å²) in [6, 6.07) is 9.78. The van der Waals surface area contributed by atoms with E-state index in [1.54, 1.807) is 0 Å². The highest BCUT2D eigenvalue weighted by atomic mass is 16.4. The molecule has 1 aliphatic heterocycles. The second-order valence-corrected chi connectivity index (χ2v) is 6.21. The number of rotatable bonds is 6. The van der Waals surface area contributed by atoms with Crippen LogP contribution in [-0.2, 0) is 11.3 Å². The molecule has 0 spiro atoms. The zero-order valence-electron chi connectivity index (χ0n) is 14.1. The van der Waals surface area contributed by atoms with Gasteiger partial charge in [0.1, 0.15) is 0 Å². The molecule has 0 aliphatic carbocycles. The first-order valence-corrected chi connectivity index (χ1v) is 8.64. The van der Waals surface area contributed by atoms with Crippen LogP contribution >= 0.6 is 0 Å². The molecule has 1 aromatic heterocycles. The Morgan fingerprint density at radius 2 is 2.00 bits per heavy atom. The molecule has 6 heteroatoms. The molecule has 128 valence electrons. The maximum Gasteiger partial charge on any atom is 0.247 e. The second-order valence-electron chi connectivity index (χ2n) is 6.21. The number of benzene rings is 1.